The van der Waals surface area contributed by atoms with Crippen LogP contribution >= 0.6 is 0 Å². The first-order chi connectivity index (χ1) is 13.1. The van der Waals surface area contributed by atoms with Gasteiger partial charge in [0.1, 0.15) is 5.72 Å². The number of benzene rings is 1. The van der Waals surface area contributed by atoms with Crippen LogP contribution in [0.3, 0.4) is 0 Å². The highest BCUT2D eigenvalue weighted by Crippen LogP contribution is 2.38. The summed E-state index contributed by atoms with van der Waals surface area (Å²) >= 11 is 0. The Kier molecular flexibility index (Phi) is 5.00. The summed E-state index contributed by atoms with van der Waals surface area (Å²) in [7, 11) is 1.88. The number of nitrogens with zero attached hydrogens (tertiary/aromatic N) is 4. The standard InChI is InChI=1S/C16H18N4O8/c1-17-4-2-16(3-5-17)18(13(9-28-16)15(22)23)14(21)10-6-11(19(24)25)8-12(7-10)20(26)27/h6-8,13H,2-5,9H2,1H3,(H,22,23)/t13-/m0/s1. The molecule has 2 aliphatic heterocycles. The molecular formula is C16H18N4O8. The van der Waals surface area contributed by atoms with E-state index in [0.29, 0.717) is 25.9 Å². The second kappa shape index (κ2) is 7.13. The summed E-state index contributed by atoms with van der Waals surface area (Å²) in [6.07, 6.45) is 0.714. The van der Waals surface area contributed by atoms with Gasteiger partial charge < -0.3 is 14.7 Å². The minimum Gasteiger partial charge on any atom is -0.480 e. The maximum absolute atomic E-state index is 13.2. The lowest BCUT2D eigenvalue weighted by molar-refractivity contribution is -0.394. The molecule has 0 saturated carbocycles. The molecule has 2 heterocycles. The van der Waals surface area contributed by atoms with Crippen LogP contribution in [0.15, 0.2) is 18.2 Å². The Balaban J connectivity index is 2.05. The molecule has 1 N–H and O–H groups in total. The quantitative estimate of drug-likeness (QED) is 0.577. The lowest BCUT2D eigenvalue weighted by Gasteiger charge is -2.43. The zero-order valence-corrected chi connectivity index (χ0v) is 14.9. The number of carboxylic acids is 1. The second-order valence-electron chi connectivity index (χ2n) is 6.84. The predicted molar refractivity (Wildman–Crippen MR) is 92.8 cm³/mol. The number of piperidine rings is 1. The molecular weight excluding hydrogens is 376 g/mol. The van der Waals surface area contributed by atoms with Gasteiger partial charge in [-0.2, -0.15) is 0 Å². The zero-order valence-electron chi connectivity index (χ0n) is 14.9. The van der Waals surface area contributed by atoms with Gasteiger partial charge in [-0.15, -0.1) is 0 Å². The van der Waals surface area contributed by atoms with E-state index in [9.17, 15) is 34.9 Å². The number of carboxylic acid groups (broad SMARTS) is 1. The average Bonchev–Trinajstić information content (AvgIpc) is 3.02. The van der Waals surface area contributed by atoms with Crippen molar-refractivity contribution in [1.82, 2.24) is 9.80 Å². The molecule has 150 valence electrons. The molecule has 0 unspecified atom stereocenters. The van der Waals surface area contributed by atoms with E-state index in [2.05, 4.69) is 0 Å². The van der Waals surface area contributed by atoms with E-state index in [1.165, 1.54) is 0 Å². The molecule has 28 heavy (non-hydrogen) atoms. The first-order valence-electron chi connectivity index (χ1n) is 8.47. The smallest absolute Gasteiger partial charge is 0.328 e. The van der Waals surface area contributed by atoms with Crippen molar-refractivity contribution < 1.29 is 29.3 Å². The third kappa shape index (κ3) is 3.39. The molecule has 1 spiro atoms. The Hall–Kier alpha value is -3.12. The number of likely N-dealkylation sites (tertiary alicyclic amines) is 1. The number of amides is 1. The van der Waals surface area contributed by atoms with E-state index in [1.807, 2.05) is 11.9 Å². The highest BCUT2D eigenvalue weighted by atomic mass is 16.6. The number of hydrogen-bond donors (Lipinski definition) is 1. The molecule has 2 saturated heterocycles. The lowest BCUT2D eigenvalue weighted by Crippen LogP contribution is -2.57. The van der Waals surface area contributed by atoms with E-state index in [0.717, 1.165) is 23.1 Å². The van der Waals surface area contributed by atoms with E-state index in [4.69, 9.17) is 4.74 Å². The molecule has 2 aliphatic rings. The van der Waals surface area contributed by atoms with Gasteiger partial charge in [-0.1, -0.05) is 0 Å². The molecule has 1 aromatic carbocycles. The molecule has 12 heteroatoms. The van der Waals surface area contributed by atoms with Gasteiger partial charge in [0.15, 0.2) is 6.04 Å². The van der Waals surface area contributed by atoms with E-state index in [-0.39, 0.29) is 12.2 Å². The van der Waals surface area contributed by atoms with Crippen LogP contribution in [0.4, 0.5) is 11.4 Å². The van der Waals surface area contributed by atoms with Crippen molar-refractivity contribution >= 4 is 23.3 Å². The first kappa shape index (κ1) is 19.6. The fourth-order valence-corrected chi connectivity index (χ4v) is 3.59. The Morgan fingerprint density at radius 2 is 1.68 bits per heavy atom. The van der Waals surface area contributed by atoms with Crippen LogP contribution in [0.5, 0.6) is 0 Å². The molecule has 1 amide bonds. The van der Waals surface area contributed by atoms with Crippen molar-refractivity contribution in [1.29, 1.82) is 0 Å². The summed E-state index contributed by atoms with van der Waals surface area (Å²) in [6, 6.07) is 1.29. The molecule has 1 atom stereocenters. The fourth-order valence-electron chi connectivity index (χ4n) is 3.59. The van der Waals surface area contributed by atoms with Crippen LogP contribution in [0.1, 0.15) is 23.2 Å². The Morgan fingerprint density at radius 1 is 1.14 bits per heavy atom. The van der Waals surface area contributed by atoms with E-state index in [1.54, 1.807) is 0 Å². The number of carbonyl (C=O) groups excluding carboxylic acids is 1. The van der Waals surface area contributed by atoms with Gasteiger partial charge in [0.2, 0.25) is 0 Å². The van der Waals surface area contributed by atoms with Gasteiger partial charge in [-0.05, 0) is 7.05 Å². The number of hydrogen-bond acceptors (Lipinski definition) is 8. The summed E-state index contributed by atoms with van der Waals surface area (Å²) in [5.41, 5.74) is -2.73. The molecule has 0 radical (unpaired) electrons. The third-order valence-electron chi connectivity index (χ3n) is 5.10. The summed E-state index contributed by atoms with van der Waals surface area (Å²) in [5, 5.41) is 31.7. The topological polar surface area (TPSA) is 156 Å². The minimum absolute atomic E-state index is 0.220. The van der Waals surface area contributed by atoms with Gasteiger partial charge in [0, 0.05) is 38.1 Å². The van der Waals surface area contributed by atoms with Crippen molar-refractivity contribution in [3.05, 3.63) is 44.0 Å². The summed E-state index contributed by atoms with van der Waals surface area (Å²) in [6.45, 7) is 0.901. The van der Waals surface area contributed by atoms with Crippen molar-refractivity contribution in [3.8, 4) is 0 Å². The van der Waals surface area contributed by atoms with Crippen LogP contribution in [0.25, 0.3) is 0 Å². The number of non-ortho nitro benzene ring substituents is 2. The van der Waals surface area contributed by atoms with Gasteiger partial charge in [0.25, 0.3) is 17.3 Å². The summed E-state index contributed by atoms with van der Waals surface area (Å²) < 4.78 is 5.74. The van der Waals surface area contributed by atoms with Crippen LogP contribution in [-0.4, -0.2) is 75.1 Å². The molecule has 2 fully saturated rings. The molecule has 0 aromatic heterocycles. The maximum Gasteiger partial charge on any atom is 0.328 e. The molecule has 3 rings (SSSR count). The van der Waals surface area contributed by atoms with Crippen molar-refractivity contribution in [2.75, 3.05) is 26.7 Å². The van der Waals surface area contributed by atoms with Crippen LogP contribution in [0.2, 0.25) is 0 Å². The zero-order chi connectivity index (χ0) is 20.6. The number of nitro benzene ring substituents is 2. The number of aliphatic carboxylic acids is 1. The number of carbonyl (C=O) groups is 2. The first-order valence-corrected chi connectivity index (χ1v) is 8.47. The van der Waals surface area contributed by atoms with Gasteiger partial charge in [-0.3, -0.25) is 29.9 Å². The molecule has 12 nitrogen and oxygen atoms in total. The van der Waals surface area contributed by atoms with Crippen molar-refractivity contribution in [2.24, 2.45) is 0 Å². The highest BCUT2D eigenvalue weighted by Gasteiger charge is 2.54. The van der Waals surface area contributed by atoms with E-state index < -0.39 is 44.9 Å². The fraction of sp³-hybridized carbons (Fsp3) is 0.500. The Morgan fingerprint density at radius 3 is 2.14 bits per heavy atom. The normalized spacial score (nSPS) is 21.6. The van der Waals surface area contributed by atoms with Crippen LogP contribution < -0.4 is 0 Å². The van der Waals surface area contributed by atoms with E-state index >= 15 is 0 Å². The molecule has 1 aromatic rings. The summed E-state index contributed by atoms with van der Waals surface area (Å²) in [5.74, 6) is -2.12. The minimum atomic E-state index is -1.28. The highest BCUT2D eigenvalue weighted by molar-refractivity contribution is 5.98. The van der Waals surface area contributed by atoms with Crippen molar-refractivity contribution in [3.63, 3.8) is 0 Å². The second-order valence-corrected chi connectivity index (χ2v) is 6.84. The largest absolute Gasteiger partial charge is 0.480 e. The Bertz CT molecular complexity index is 817. The monoisotopic (exact) mass is 394 g/mol. The number of ether oxygens (including phenoxy) is 1. The van der Waals surface area contributed by atoms with Gasteiger partial charge in [0.05, 0.1) is 28.1 Å². The number of nitro groups is 2. The number of rotatable bonds is 4. The summed E-state index contributed by atoms with van der Waals surface area (Å²) in [4.78, 5) is 48.5. The molecule has 0 bridgehead atoms. The SMILES string of the molecule is CN1CCC2(CC1)OC[C@@H](C(=O)O)N2C(=O)c1cc([N+](=O)[O-])cc([N+](=O)[O-])c1. The average molecular weight is 394 g/mol. The maximum atomic E-state index is 13.2. The van der Waals surface area contributed by atoms with Gasteiger partial charge >= 0.3 is 5.97 Å². The van der Waals surface area contributed by atoms with Gasteiger partial charge in [-0.25, -0.2) is 4.79 Å². The van der Waals surface area contributed by atoms with Crippen molar-refractivity contribution in [2.45, 2.75) is 24.6 Å². The van der Waals surface area contributed by atoms with Crippen LogP contribution in [-0.2, 0) is 9.53 Å². The lowest BCUT2D eigenvalue weighted by atomic mass is 9.97. The predicted octanol–water partition coefficient (Wildman–Crippen LogP) is 0.851. The Labute approximate surface area is 158 Å². The molecule has 0 aliphatic carbocycles. The third-order valence-corrected chi connectivity index (χ3v) is 5.10. The van der Waals surface area contributed by atoms with Crippen LogP contribution in [0, 0.1) is 20.2 Å².